The van der Waals surface area contributed by atoms with Crippen molar-refractivity contribution in [1.29, 1.82) is 0 Å². The lowest BCUT2D eigenvalue weighted by Gasteiger charge is -2.29. The zero-order valence-corrected chi connectivity index (χ0v) is 21.0. The molecule has 8 heteroatoms. The van der Waals surface area contributed by atoms with E-state index in [1.54, 1.807) is 20.5 Å². The number of thiophene rings is 1. The number of hydrogen-bond acceptors (Lipinski definition) is 8. The zero-order chi connectivity index (χ0) is 23.3. The van der Waals surface area contributed by atoms with Gasteiger partial charge in [-0.15, -0.1) is 11.3 Å². The molecule has 1 fully saturated rings. The van der Waals surface area contributed by atoms with Gasteiger partial charge in [0.05, 0.1) is 32.8 Å². The van der Waals surface area contributed by atoms with E-state index in [0.717, 1.165) is 86.4 Å². The first-order valence-corrected chi connectivity index (χ1v) is 13.1. The Bertz CT molecular complexity index is 1110. The Morgan fingerprint density at radius 2 is 1.94 bits per heavy atom. The van der Waals surface area contributed by atoms with Gasteiger partial charge in [-0.05, 0) is 55.9 Å². The van der Waals surface area contributed by atoms with Crippen molar-refractivity contribution in [2.24, 2.45) is 0 Å². The number of aryl methyl sites for hydroxylation is 2. The van der Waals surface area contributed by atoms with Gasteiger partial charge in [0.15, 0.2) is 0 Å². The van der Waals surface area contributed by atoms with Crippen LogP contribution >= 0.6 is 11.3 Å². The third kappa shape index (κ3) is 4.99. The summed E-state index contributed by atoms with van der Waals surface area (Å²) >= 11 is 1.85. The molecule has 0 spiro atoms. The maximum atomic E-state index is 5.71. The lowest BCUT2D eigenvalue weighted by molar-refractivity contribution is 0.0376. The van der Waals surface area contributed by atoms with Crippen LogP contribution in [0.3, 0.4) is 0 Å². The molecule has 1 aliphatic heterocycles. The summed E-state index contributed by atoms with van der Waals surface area (Å²) in [6.07, 6.45) is 7.60. The Balaban J connectivity index is 1.47. The summed E-state index contributed by atoms with van der Waals surface area (Å²) in [5, 5.41) is 1.26. The molecule has 0 unspecified atom stereocenters. The van der Waals surface area contributed by atoms with Crippen molar-refractivity contribution in [3.63, 3.8) is 0 Å². The number of morpholine rings is 1. The third-order valence-electron chi connectivity index (χ3n) is 6.89. The van der Waals surface area contributed by atoms with Crippen molar-refractivity contribution in [2.75, 3.05) is 58.5 Å². The maximum Gasteiger partial charge on any atom is 0.141 e. The normalized spacial score (nSPS) is 16.4. The van der Waals surface area contributed by atoms with Crippen LogP contribution in [0.5, 0.6) is 11.5 Å². The van der Waals surface area contributed by atoms with Crippen molar-refractivity contribution in [3.8, 4) is 11.5 Å². The summed E-state index contributed by atoms with van der Waals surface area (Å²) in [6, 6.07) is 6.01. The molecule has 34 heavy (non-hydrogen) atoms. The molecular weight excluding hydrogens is 448 g/mol. The maximum absolute atomic E-state index is 5.71. The Morgan fingerprint density at radius 3 is 2.76 bits per heavy atom. The molecule has 0 radical (unpaired) electrons. The van der Waals surface area contributed by atoms with Gasteiger partial charge in [0.1, 0.15) is 28.5 Å². The second kappa shape index (κ2) is 10.9. The molecular formula is C26H34N4O3S. The number of methoxy groups -OCH3 is 2. The van der Waals surface area contributed by atoms with E-state index in [1.807, 2.05) is 23.5 Å². The first-order valence-electron chi connectivity index (χ1n) is 12.3. The van der Waals surface area contributed by atoms with Crippen LogP contribution in [0.4, 0.5) is 5.82 Å². The van der Waals surface area contributed by atoms with E-state index in [-0.39, 0.29) is 0 Å². The summed E-state index contributed by atoms with van der Waals surface area (Å²) in [4.78, 5) is 17.1. The van der Waals surface area contributed by atoms with Crippen molar-refractivity contribution in [3.05, 3.63) is 40.5 Å². The fraction of sp³-hybridized carbons (Fsp3) is 0.538. The molecule has 2 aliphatic rings. The molecule has 1 saturated heterocycles. The highest BCUT2D eigenvalue weighted by atomic mass is 32.1. The number of ether oxygens (including phenoxy) is 3. The van der Waals surface area contributed by atoms with Gasteiger partial charge >= 0.3 is 0 Å². The molecule has 7 nitrogen and oxygen atoms in total. The molecule has 182 valence electrons. The molecule has 0 saturated carbocycles. The monoisotopic (exact) mass is 482 g/mol. The van der Waals surface area contributed by atoms with Gasteiger partial charge in [0, 0.05) is 43.2 Å². The summed E-state index contributed by atoms with van der Waals surface area (Å²) in [7, 11) is 3.43. The summed E-state index contributed by atoms with van der Waals surface area (Å²) in [5.74, 6) is 2.76. The van der Waals surface area contributed by atoms with E-state index in [9.17, 15) is 0 Å². The summed E-state index contributed by atoms with van der Waals surface area (Å²) in [5.41, 5.74) is 2.57. The Labute approximate surface area is 205 Å². The summed E-state index contributed by atoms with van der Waals surface area (Å²) in [6.45, 7) is 6.37. The van der Waals surface area contributed by atoms with Gasteiger partial charge in [-0.3, -0.25) is 4.90 Å². The molecule has 3 heterocycles. The van der Waals surface area contributed by atoms with Gasteiger partial charge in [0.25, 0.3) is 0 Å². The van der Waals surface area contributed by atoms with E-state index in [4.69, 9.17) is 19.2 Å². The Hall–Kier alpha value is -2.42. The highest BCUT2D eigenvalue weighted by molar-refractivity contribution is 7.19. The van der Waals surface area contributed by atoms with Crippen LogP contribution in [0.1, 0.15) is 35.3 Å². The fourth-order valence-corrected chi connectivity index (χ4v) is 6.32. The topological polar surface area (TPSA) is 60.0 Å². The highest BCUT2D eigenvalue weighted by Crippen LogP contribution is 2.40. The molecule has 0 atom stereocenters. The number of rotatable bonds is 9. The average molecular weight is 483 g/mol. The van der Waals surface area contributed by atoms with Crippen molar-refractivity contribution in [1.82, 2.24) is 14.9 Å². The second-order valence-corrected chi connectivity index (χ2v) is 10.1. The first-order chi connectivity index (χ1) is 16.8. The largest absolute Gasteiger partial charge is 0.497 e. The minimum atomic E-state index is 0.709. The standard InChI is InChI=1S/C26H34N4O3S/c1-31-20-8-9-22(32-2)19(16-20)17-30(11-5-10-29-12-14-33-15-13-29)25-24-21-6-3-4-7-23(21)34-26(24)28-18-27-25/h8-9,16,18H,3-7,10-15,17H2,1-2H3. The highest BCUT2D eigenvalue weighted by Gasteiger charge is 2.23. The smallest absolute Gasteiger partial charge is 0.141 e. The molecule has 3 aromatic rings. The Kier molecular flexibility index (Phi) is 7.47. The van der Waals surface area contributed by atoms with Gasteiger partial charge in [-0.2, -0.15) is 0 Å². The predicted molar refractivity (Wildman–Crippen MR) is 137 cm³/mol. The zero-order valence-electron chi connectivity index (χ0n) is 20.2. The van der Waals surface area contributed by atoms with Crippen molar-refractivity contribution >= 4 is 27.4 Å². The van der Waals surface area contributed by atoms with E-state index in [0.29, 0.717) is 6.54 Å². The fourth-order valence-electron chi connectivity index (χ4n) is 5.09. The molecule has 5 rings (SSSR count). The lowest BCUT2D eigenvalue weighted by atomic mass is 9.97. The third-order valence-corrected chi connectivity index (χ3v) is 8.09. The van der Waals surface area contributed by atoms with E-state index >= 15 is 0 Å². The number of anilines is 1. The van der Waals surface area contributed by atoms with Crippen LogP contribution < -0.4 is 14.4 Å². The number of benzene rings is 1. The average Bonchev–Trinajstić information content (AvgIpc) is 3.27. The van der Waals surface area contributed by atoms with Crippen LogP contribution in [-0.4, -0.2) is 68.5 Å². The quantitative estimate of drug-likeness (QED) is 0.450. The number of hydrogen-bond donors (Lipinski definition) is 0. The number of nitrogens with zero attached hydrogens (tertiary/aromatic N) is 4. The molecule has 0 bridgehead atoms. The van der Waals surface area contributed by atoms with Gasteiger partial charge in [-0.25, -0.2) is 9.97 Å². The summed E-state index contributed by atoms with van der Waals surface area (Å²) < 4.78 is 16.7. The Morgan fingerprint density at radius 1 is 1.09 bits per heavy atom. The molecule has 0 amide bonds. The molecule has 1 aliphatic carbocycles. The van der Waals surface area contributed by atoms with Crippen LogP contribution in [0.2, 0.25) is 0 Å². The predicted octanol–water partition coefficient (Wildman–Crippen LogP) is 4.32. The second-order valence-electron chi connectivity index (χ2n) is 9.00. The van der Waals surface area contributed by atoms with Crippen molar-refractivity contribution in [2.45, 2.75) is 38.6 Å². The van der Waals surface area contributed by atoms with Crippen molar-refractivity contribution < 1.29 is 14.2 Å². The van der Waals surface area contributed by atoms with Crippen LogP contribution in [0.25, 0.3) is 10.2 Å². The number of fused-ring (bicyclic) bond motifs is 3. The van der Waals surface area contributed by atoms with E-state index < -0.39 is 0 Å². The van der Waals surface area contributed by atoms with Gasteiger partial charge in [0.2, 0.25) is 0 Å². The molecule has 1 aromatic carbocycles. The van der Waals surface area contributed by atoms with Gasteiger partial charge in [-0.1, -0.05) is 0 Å². The SMILES string of the molecule is COc1ccc(OC)c(CN(CCCN2CCOCC2)c2ncnc3sc4c(c23)CCCC4)c1. The minimum Gasteiger partial charge on any atom is -0.497 e. The first kappa shape index (κ1) is 23.3. The van der Waals surface area contributed by atoms with E-state index in [1.165, 1.54) is 28.7 Å². The van der Waals surface area contributed by atoms with Gasteiger partial charge < -0.3 is 19.1 Å². The lowest BCUT2D eigenvalue weighted by Crippen LogP contribution is -2.38. The van der Waals surface area contributed by atoms with Crippen LogP contribution in [-0.2, 0) is 24.1 Å². The van der Waals surface area contributed by atoms with E-state index in [2.05, 4.69) is 20.9 Å². The van der Waals surface area contributed by atoms with Crippen LogP contribution in [0.15, 0.2) is 24.5 Å². The minimum absolute atomic E-state index is 0.709. The molecule has 2 aromatic heterocycles. The molecule has 0 N–H and O–H groups in total. The van der Waals surface area contributed by atoms with Crippen LogP contribution in [0, 0.1) is 0 Å². The number of aromatic nitrogens is 2.